The van der Waals surface area contributed by atoms with Crippen LogP contribution in [0.1, 0.15) is 22.5 Å². The lowest BCUT2D eigenvalue weighted by Crippen LogP contribution is -2.34. The van der Waals surface area contributed by atoms with Crippen LogP contribution in [0.4, 0.5) is 0 Å². The van der Waals surface area contributed by atoms with E-state index in [0.29, 0.717) is 12.3 Å². The van der Waals surface area contributed by atoms with Crippen LogP contribution in [0.2, 0.25) is 0 Å². The van der Waals surface area contributed by atoms with E-state index in [9.17, 15) is 4.79 Å². The molecule has 1 aliphatic rings. The Morgan fingerprint density at radius 2 is 1.96 bits per heavy atom. The first kappa shape index (κ1) is 20.8. The third-order valence-electron chi connectivity index (χ3n) is 3.99. The summed E-state index contributed by atoms with van der Waals surface area (Å²) in [5, 5.41) is 4.36. The summed E-state index contributed by atoms with van der Waals surface area (Å²) in [7, 11) is 4.01. The van der Waals surface area contributed by atoms with Crippen LogP contribution in [0, 0.1) is 0 Å². The molecule has 0 bridgehead atoms. The number of amides is 1. The van der Waals surface area contributed by atoms with Crippen molar-refractivity contribution in [2.24, 2.45) is 0 Å². The minimum Gasteiger partial charge on any atom is -0.451 e. The minimum absolute atomic E-state index is 0. The number of furan rings is 1. The lowest BCUT2D eigenvalue weighted by molar-refractivity contribution is 0.0734. The molecule has 0 saturated carbocycles. The van der Waals surface area contributed by atoms with E-state index in [1.165, 1.54) is 0 Å². The maximum absolute atomic E-state index is 12.9. The van der Waals surface area contributed by atoms with E-state index < -0.39 is 0 Å². The van der Waals surface area contributed by atoms with Crippen molar-refractivity contribution in [3.63, 3.8) is 0 Å². The second-order valence-electron chi connectivity index (χ2n) is 6.04. The summed E-state index contributed by atoms with van der Waals surface area (Å²) in [4.78, 5) is 16.9. The smallest absolute Gasteiger partial charge is 0.289 e. The third kappa shape index (κ3) is 4.42. The minimum atomic E-state index is 0. The number of hydrogen-bond acceptors (Lipinski definition) is 4. The average Bonchev–Trinajstić information content (AvgIpc) is 2.70. The Morgan fingerprint density at radius 3 is 2.71 bits per heavy atom. The number of carbonyl (C=O) groups excluding carboxylic acids is 1. The predicted octanol–water partition coefficient (Wildman–Crippen LogP) is 2.77. The van der Waals surface area contributed by atoms with Gasteiger partial charge in [0.15, 0.2) is 5.76 Å². The summed E-state index contributed by atoms with van der Waals surface area (Å²) >= 11 is 0. The SMILES string of the molecule is CN(C)Cc1c(C(=O)N2CCCNCC2)oc2ccccc12.Cl.Cl. The van der Waals surface area contributed by atoms with Crippen LogP contribution in [0.3, 0.4) is 0 Å². The van der Waals surface area contributed by atoms with E-state index in [0.717, 1.165) is 49.1 Å². The normalized spacial score (nSPS) is 14.9. The zero-order valence-electron chi connectivity index (χ0n) is 14.1. The molecule has 1 aromatic carbocycles. The van der Waals surface area contributed by atoms with Gasteiger partial charge in [0.1, 0.15) is 5.58 Å². The number of para-hydroxylation sites is 1. The first-order valence-corrected chi connectivity index (χ1v) is 7.82. The van der Waals surface area contributed by atoms with Gasteiger partial charge >= 0.3 is 0 Å². The van der Waals surface area contributed by atoms with Gasteiger partial charge in [-0.25, -0.2) is 0 Å². The molecule has 1 saturated heterocycles. The second-order valence-corrected chi connectivity index (χ2v) is 6.04. The maximum Gasteiger partial charge on any atom is 0.289 e. The fourth-order valence-electron chi connectivity index (χ4n) is 2.94. The summed E-state index contributed by atoms with van der Waals surface area (Å²) in [5.74, 6) is 0.508. The van der Waals surface area contributed by atoms with Gasteiger partial charge in [-0.2, -0.15) is 0 Å². The van der Waals surface area contributed by atoms with Crippen molar-refractivity contribution >= 4 is 41.7 Å². The van der Waals surface area contributed by atoms with Crippen LogP contribution in [0.25, 0.3) is 11.0 Å². The zero-order valence-corrected chi connectivity index (χ0v) is 15.7. The molecule has 0 unspecified atom stereocenters. The summed E-state index contributed by atoms with van der Waals surface area (Å²) in [6, 6.07) is 7.88. The van der Waals surface area contributed by atoms with Gasteiger partial charge in [-0.05, 0) is 33.1 Å². The standard InChI is InChI=1S/C17H23N3O2.2ClH/c1-19(2)12-14-13-6-3-4-7-15(13)22-16(14)17(21)20-10-5-8-18-9-11-20;;/h3-4,6-7,18H,5,8-12H2,1-2H3;2*1H. The predicted molar refractivity (Wildman–Crippen MR) is 101 cm³/mol. The molecule has 1 N–H and O–H groups in total. The molecule has 1 fully saturated rings. The highest BCUT2D eigenvalue weighted by molar-refractivity contribution is 5.99. The Balaban J connectivity index is 0.00000144. The lowest BCUT2D eigenvalue weighted by Gasteiger charge is -2.19. The molecule has 1 amide bonds. The quantitative estimate of drug-likeness (QED) is 0.898. The Bertz CT molecular complexity index is 665. The Morgan fingerprint density at radius 1 is 1.21 bits per heavy atom. The molecule has 24 heavy (non-hydrogen) atoms. The van der Waals surface area contributed by atoms with Gasteiger partial charge in [0.05, 0.1) is 0 Å². The molecule has 5 nitrogen and oxygen atoms in total. The van der Waals surface area contributed by atoms with Gasteiger partial charge in [0.25, 0.3) is 5.91 Å². The van der Waals surface area contributed by atoms with Gasteiger partial charge < -0.3 is 19.5 Å². The molecule has 0 spiro atoms. The fourth-order valence-corrected chi connectivity index (χ4v) is 2.94. The van der Waals surface area contributed by atoms with Gasteiger partial charge in [0.2, 0.25) is 0 Å². The number of nitrogens with one attached hydrogen (secondary N) is 1. The number of rotatable bonds is 3. The lowest BCUT2D eigenvalue weighted by atomic mass is 10.1. The first-order chi connectivity index (χ1) is 10.7. The number of hydrogen-bond donors (Lipinski definition) is 1. The number of carbonyl (C=O) groups is 1. The maximum atomic E-state index is 12.9. The number of benzene rings is 1. The molecule has 1 aromatic heterocycles. The van der Waals surface area contributed by atoms with Crippen LogP contribution < -0.4 is 5.32 Å². The molecule has 2 heterocycles. The van der Waals surface area contributed by atoms with Crippen molar-refractivity contribution in [1.29, 1.82) is 0 Å². The van der Waals surface area contributed by atoms with Crippen LogP contribution in [0.15, 0.2) is 28.7 Å². The fraction of sp³-hybridized carbons (Fsp3) is 0.471. The van der Waals surface area contributed by atoms with Crippen LogP contribution >= 0.6 is 24.8 Å². The Labute approximate surface area is 155 Å². The van der Waals surface area contributed by atoms with Crippen molar-refractivity contribution in [1.82, 2.24) is 15.1 Å². The number of fused-ring (bicyclic) bond motifs is 1. The van der Waals surface area contributed by atoms with Crippen molar-refractivity contribution in [3.8, 4) is 0 Å². The summed E-state index contributed by atoms with van der Waals surface area (Å²) < 4.78 is 5.92. The highest BCUT2D eigenvalue weighted by atomic mass is 35.5. The molecule has 3 rings (SSSR count). The van der Waals surface area contributed by atoms with Crippen LogP contribution in [-0.4, -0.2) is 56.0 Å². The van der Waals surface area contributed by atoms with Gasteiger partial charge in [-0.1, -0.05) is 18.2 Å². The molecule has 7 heteroatoms. The molecular formula is C17H25Cl2N3O2. The highest BCUT2D eigenvalue weighted by Gasteiger charge is 2.25. The second kappa shape index (κ2) is 9.28. The molecule has 2 aromatic rings. The molecule has 0 atom stereocenters. The van der Waals surface area contributed by atoms with Crippen LogP contribution in [0.5, 0.6) is 0 Å². The zero-order chi connectivity index (χ0) is 15.5. The first-order valence-electron chi connectivity index (χ1n) is 7.82. The van der Waals surface area contributed by atoms with Crippen molar-refractivity contribution in [3.05, 3.63) is 35.6 Å². The number of nitrogens with zero attached hydrogens (tertiary/aromatic N) is 2. The molecular weight excluding hydrogens is 349 g/mol. The van der Waals surface area contributed by atoms with Gasteiger partial charge in [-0.3, -0.25) is 4.79 Å². The highest BCUT2D eigenvalue weighted by Crippen LogP contribution is 2.28. The van der Waals surface area contributed by atoms with E-state index >= 15 is 0 Å². The third-order valence-corrected chi connectivity index (χ3v) is 3.99. The van der Waals surface area contributed by atoms with E-state index in [1.807, 2.05) is 43.3 Å². The summed E-state index contributed by atoms with van der Waals surface area (Å²) in [5.41, 5.74) is 1.78. The molecule has 0 aliphatic carbocycles. The molecule has 1 aliphatic heterocycles. The van der Waals surface area contributed by atoms with Crippen LogP contribution in [-0.2, 0) is 6.54 Å². The van der Waals surface area contributed by atoms with Crippen molar-refractivity contribution < 1.29 is 9.21 Å². The van der Waals surface area contributed by atoms with Gasteiger partial charge in [-0.15, -0.1) is 24.8 Å². The Hall–Kier alpha value is -1.27. The van der Waals surface area contributed by atoms with Gasteiger partial charge in [0, 0.05) is 37.1 Å². The summed E-state index contributed by atoms with van der Waals surface area (Å²) in [6.07, 6.45) is 0.981. The average molecular weight is 374 g/mol. The van der Waals surface area contributed by atoms with Crippen molar-refractivity contribution in [2.75, 3.05) is 40.3 Å². The van der Waals surface area contributed by atoms with Crippen molar-refractivity contribution in [2.45, 2.75) is 13.0 Å². The monoisotopic (exact) mass is 373 g/mol. The van der Waals surface area contributed by atoms with E-state index in [-0.39, 0.29) is 30.7 Å². The van der Waals surface area contributed by atoms with E-state index in [4.69, 9.17) is 4.42 Å². The molecule has 0 radical (unpaired) electrons. The van der Waals surface area contributed by atoms with E-state index in [1.54, 1.807) is 0 Å². The molecule has 134 valence electrons. The summed E-state index contributed by atoms with van der Waals surface area (Å²) in [6.45, 7) is 4.02. The topological polar surface area (TPSA) is 48.7 Å². The largest absolute Gasteiger partial charge is 0.451 e. The van der Waals surface area contributed by atoms with E-state index in [2.05, 4.69) is 10.2 Å². The number of halogens is 2. The Kier molecular flexibility index (Phi) is 8.03.